The van der Waals surface area contributed by atoms with Crippen molar-refractivity contribution < 1.29 is 18.4 Å². The molecule has 0 bridgehead atoms. The van der Waals surface area contributed by atoms with Crippen LogP contribution in [0.25, 0.3) is 11.0 Å². The summed E-state index contributed by atoms with van der Waals surface area (Å²) >= 11 is 0. The Bertz CT molecular complexity index is 1100. The van der Waals surface area contributed by atoms with Gasteiger partial charge in [0.2, 0.25) is 0 Å². The van der Waals surface area contributed by atoms with Gasteiger partial charge in [-0.25, -0.2) is 4.39 Å². The molecule has 0 radical (unpaired) electrons. The van der Waals surface area contributed by atoms with Crippen LogP contribution in [0.1, 0.15) is 53.2 Å². The lowest BCUT2D eigenvalue weighted by Crippen LogP contribution is -2.35. The monoisotopic (exact) mass is 422 g/mol. The van der Waals surface area contributed by atoms with Crippen LogP contribution in [0.5, 0.6) is 5.75 Å². The summed E-state index contributed by atoms with van der Waals surface area (Å²) in [6.45, 7) is 3.03. The number of carbonyl (C=O) groups is 1. The first-order valence-corrected chi connectivity index (χ1v) is 11.1. The number of fused-ring (bicyclic) bond motifs is 2. The Hall–Kier alpha value is -2.73. The van der Waals surface area contributed by atoms with Crippen molar-refractivity contribution in [2.75, 3.05) is 26.7 Å². The molecule has 31 heavy (non-hydrogen) atoms. The SMILES string of the molecule is COc1ccc2c(c1)C(=O)CC(CCN1CCC(c3noc4cc(F)ccc34)CC1)C2. The quantitative estimate of drug-likeness (QED) is 0.580. The maximum atomic E-state index is 13.4. The highest BCUT2D eigenvalue weighted by atomic mass is 19.1. The molecule has 3 aromatic rings. The number of carbonyl (C=O) groups excluding carboxylic acids is 1. The van der Waals surface area contributed by atoms with Gasteiger partial charge in [0.1, 0.15) is 11.6 Å². The summed E-state index contributed by atoms with van der Waals surface area (Å²) < 4.78 is 24.0. The van der Waals surface area contributed by atoms with Gasteiger partial charge in [0, 0.05) is 29.4 Å². The molecule has 0 N–H and O–H groups in total. The topological polar surface area (TPSA) is 55.6 Å². The molecule has 0 amide bonds. The molecule has 1 saturated heterocycles. The van der Waals surface area contributed by atoms with Gasteiger partial charge in [-0.2, -0.15) is 0 Å². The first-order valence-electron chi connectivity index (χ1n) is 11.1. The van der Waals surface area contributed by atoms with Gasteiger partial charge in [-0.3, -0.25) is 4.79 Å². The van der Waals surface area contributed by atoms with Crippen LogP contribution < -0.4 is 4.74 Å². The Morgan fingerprint density at radius 2 is 2.00 bits per heavy atom. The van der Waals surface area contributed by atoms with Crippen molar-refractivity contribution in [3.63, 3.8) is 0 Å². The molecule has 1 unspecified atom stereocenters. The smallest absolute Gasteiger partial charge is 0.170 e. The van der Waals surface area contributed by atoms with Crippen LogP contribution in [0, 0.1) is 11.7 Å². The average molecular weight is 423 g/mol. The largest absolute Gasteiger partial charge is 0.497 e. The highest BCUT2D eigenvalue weighted by Gasteiger charge is 2.28. The highest BCUT2D eigenvalue weighted by molar-refractivity contribution is 5.99. The molecule has 5 nitrogen and oxygen atoms in total. The van der Waals surface area contributed by atoms with E-state index in [0.717, 1.165) is 73.3 Å². The number of ether oxygens (including phenoxy) is 1. The fourth-order valence-electron chi connectivity index (χ4n) is 5.10. The minimum absolute atomic E-state index is 0.234. The first kappa shape index (κ1) is 20.2. The first-order chi connectivity index (χ1) is 15.1. The molecular formula is C25H27FN2O3. The molecule has 1 aromatic heterocycles. The molecule has 5 rings (SSSR count). The van der Waals surface area contributed by atoms with Crippen LogP contribution in [0.4, 0.5) is 4.39 Å². The van der Waals surface area contributed by atoms with Crippen molar-refractivity contribution in [1.29, 1.82) is 0 Å². The summed E-state index contributed by atoms with van der Waals surface area (Å²) in [6, 6.07) is 10.5. The summed E-state index contributed by atoms with van der Waals surface area (Å²) in [5.41, 5.74) is 3.46. The molecule has 6 heteroatoms. The molecule has 2 aliphatic rings. The second-order valence-corrected chi connectivity index (χ2v) is 8.83. The van der Waals surface area contributed by atoms with Crippen molar-refractivity contribution in [2.24, 2.45) is 5.92 Å². The number of methoxy groups -OCH3 is 1. The number of piperidine rings is 1. The van der Waals surface area contributed by atoms with Crippen LogP contribution >= 0.6 is 0 Å². The lowest BCUT2D eigenvalue weighted by molar-refractivity contribution is 0.0938. The molecule has 2 heterocycles. The Morgan fingerprint density at radius 3 is 2.81 bits per heavy atom. The Morgan fingerprint density at radius 1 is 1.16 bits per heavy atom. The standard InChI is InChI=1S/C25H27FN2O3/c1-30-20-4-2-18-12-16(13-23(29)22(18)15-20)6-9-28-10-7-17(8-11-28)25-21-5-3-19(26)14-24(21)31-27-25/h2-5,14-17H,6-13H2,1H3. The maximum Gasteiger partial charge on any atom is 0.170 e. The van der Waals surface area contributed by atoms with E-state index in [9.17, 15) is 9.18 Å². The van der Waals surface area contributed by atoms with Crippen molar-refractivity contribution in [1.82, 2.24) is 10.1 Å². The maximum absolute atomic E-state index is 13.4. The van der Waals surface area contributed by atoms with Crippen molar-refractivity contribution in [2.45, 2.75) is 38.0 Å². The number of Topliss-reactive ketones (excluding diaryl/α,β-unsaturated/α-hetero) is 1. The fraction of sp³-hybridized carbons (Fsp3) is 0.440. The molecule has 1 fully saturated rings. The van der Waals surface area contributed by atoms with Crippen LogP contribution in [0.3, 0.4) is 0 Å². The molecule has 2 aromatic carbocycles. The molecular weight excluding hydrogens is 395 g/mol. The number of halogens is 1. The Labute approximate surface area is 181 Å². The lowest BCUT2D eigenvalue weighted by atomic mass is 9.81. The lowest BCUT2D eigenvalue weighted by Gasteiger charge is -2.33. The summed E-state index contributed by atoms with van der Waals surface area (Å²) in [6.07, 6.45) is 4.66. The van der Waals surface area contributed by atoms with Crippen molar-refractivity contribution in [3.8, 4) is 5.75 Å². The zero-order valence-corrected chi connectivity index (χ0v) is 17.8. The molecule has 1 aliphatic heterocycles. The van der Waals surface area contributed by atoms with Crippen LogP contribution in [0.15, 0.2) is 40.9 Å². The number of hydrogen-bond donors (Lipinski definition) is 0. The van der Waals surface area contributed by atoms with E-state index in [-0.39, 0.29) is 11.6 Å². The zero-order valence-electron chi connectivity index (χ0n) is 17.8. The van der Waals surface area contributed by atoms with E-state index in [2.05, 4.69) is 10.1 Å². The third-order valence-electron chi connectivity index (χ3n) is 6.89. The minimum atomic E-state index is -0.298. The van der Waals surface area contributed by atoms with Crippen molar-refractivity contribution >= 4 is 16.8 Å². The van der Waals surface area contributed by atoms with Gasteiger partial charge in [0.25, 0.3) is 0 Å². The van der Waals surface area contributed by atoms with E-state index in [1.54, 1.807) is 13.2 Å². The number of benzene rings is 2. The second kappa shape index (κ2) is 8.42. The molecule has 0 spiro atoms. The Kier molecular flexibility index (Phi) is 5.48. The third-order valence-corrected chi connectivity index (χ3v) is 6.89. The number of ketones is 1. The molecule has 162 valence electrons. The van der Waals surface area contributed by atoms with Gasteiger partial charge in [0.15, 0.2) is 11.4 Å². The summed E-state index contributed by atoms with van der Waals surface area (Å²) in [7, 11) is 1.63. The number of likely N-dealkylation sites (tertiary alicyclic amines) is 1. The van der Waals surface area contributed by atoms with Gasteiger partial charge in [-0.1, -0.05) is 11.2 Å². The predicted molar refractivity (Wildman–Crippen MR) is 116 cm³/mol. The van der Waals surface area contributed by atoms with Crippen LogP contribution in [0.2, 0.25) is 0 Å². The van der Waals surface area contributed by atoms with Gasteiger partial charge in [0.05, 0.1) is 12.8 Å². The molecule has 1 atom stereocenters. The predicted octanol–water partition coefficient (Wildman–Crippen LogP) is 4.99. The normalized spacial score (nSPS) is 20.2. The number of hydrogen-bond acceptors (Lipinski definition) is 5. The fourth-order valence-corrected chi connectivity index (χ4v) is 5.10. The van der Waals surface area contributed by atoms with Crippen LogP contribution in [-0.2, 0) is 6.42 Å². The summed E-state index contributed by atoms with van der Waals surface area (Å²) in [5, 5.41) is 5.17. The van der Waals surface area contributed by atoms with Gasteiger partial charge in [-0.15, -0.1) is 0 Å². The van der Waals surface area contributed by atoms with E-state index in [1.807, 2.05) is 18.2 Å². The highest BCUT2D eigenvalue weighted by Crippen LogP contribution is 2.34. The van der Waals surface area contributed by atoms with E-state index >= 15 is 0 Å². The molecule has 0 saturated carbocycles. The van der Waals surface area contributed by atoms with E-state index in [0.29, 0.717) is 23.8 Å². The number of aromatic nitrogens is 1. The number of nitrogens with zero attached hydrogens (tertiary/aromatic N) is 2. The van der Waals surface area contributed by atoms with E-state index in [4.69, 9.17) is 9.26 Å². The van der Waals surface area contributed by atoms with E-state index in [1.165, 1.54) is 12.1 Å². The zero-order chi connectivity index (χ0) is 21.4. The van der Waals surface area contributed by atoms with Gasteiger partial charge < -0.3 is 14.2 Å². The minimum Gasteiger partial charge on any atom is -0.497 e. The third kappa shape index (κ3) is 4.09. The van der Waals surface area contributed by atoms with Gasteiger partial charge >= 0.3 is 0 Å². The summed E-state index contributed by atoms with van der Waals surface area (Å²) in [5.74, 6) is 1.44. The molecule has 1 aliphatic carbocycles. The average Bonchev–Trinajstić information content (AvgIpc) is 3.21. The van der Waals surface area contributed by atoms with Gasteiger partial charge in [-0.05, 0) is 81.1 Å². The van der Waals surface area contributed by atoms with E-state index < -0.39 is 0 Å². The summed E-state index contributed by atoms with van der Waals surface area (Å²) in [4.78, 5) is 15.1. The number of rotatable bonds is 5. The van der Waals surface area contributed by atoms with Crippen molar-refractivity contribution in [3.05, 3.63) is 59.0 Å². The second-order valence-electron chi connectivity index (χ2n) is 8.83. The van der Waals surface area contributed by atoms with Crippen LogP contribution in [-0.4, -0.2) is 42.6 Å². The Balaban J connectivity index is 1.15.